The molecule has 168 valence electrons. The minimum Gasteiger partial charge on any atom is -0.496 e. The molecule has 0 saturated carbocycles. The number of nitrogens with one attached hydrogen (secondary N) is 1. The van der Waals surface area contributed by atoms with Gasteiger partial charge in [-0.25, -0.2) is 12.7 Å². The maximum atomic E-state index is 12.7. The fourth-order valence-corrected chi connectivity index (χ4v) is 5.72. The molecule has 1 aliphatic heterocycles. The van der Waals surface area contributed by atoms with Gasteiger partial charge in [-0.3, -0.25) is 4.79 Å². The number of carbonyl (C=O) groups is 1. The molecule has 0 spiro atoms. The zero-order chi connectivity index (χ0) is 22.3. The molecule has 0 bridgehead atoms. The number of rotatable bonds is 9. The van der Waals surface area contributed by atoms with E-state index in [1.54, 1.807) is 31.4 Å². The standard InChI is InChI=1S/C23H29ClN2O4S/c1-30-22-11-5-3-7-18(22)9-6-14-25-23(27)19-12-15-26(16-13-19)31(28,29)17-20-8-2-4-10-21(20)24/h2-5,7-8,10-11,19H,6,9,12-17H2,1H3,(H,25,27). The van der Waals surface area contributed by atoms with E-state index in [9.17, 15) is 13.2 Å². The van der Waals surface area contributed by atoms with Crippen molar-refractivity contribution in [1.82, 2.24) is 9.62 Å². The van der Waals surface area contributed by atoms with E-state index in [1.807, 2.05) is 24.3 Å². The molecule has 2 aromatic carbocycles. The van der Waals surface area contributed by atoms with Crippen molar-refractivity contribution in [3.05, 3.63) is 64.7 Å². The minimum absolute atomic E-state index is 0.00294. The maximum Gasteiger partial charge on any atom is 0.223 e. The van der Waals surface area contributed by atoms with Crippen LogP contribution in [0.15, 0.2) is 48.5 Å². The summed E-state index contributed by atoms with van der Waals surface area (Å²) in [5.41, 5.74) is 1.72. The molecule has 0 radical (unpaired) electrons. The first-order valence-electron chi connectivity index (χ1n) is 10.5. The van der Waals surface area contributed by atoms with Crippen molar-refractivity contribution in [2.75, 3.05) is 26.7 Å². The molecule has 8 heteroatoms. The maximum absolute atomic E-state index is 12.7. The summed E-state index contributed by atoms with van der Waals surface area (Å²) < 4.78 is 32.3. The number of methoxy groups -OCH3 is 1. The number of carbonyl (C=O) groups excluding carboxylic acids is 1. The number of ether oxygens (including phenoxy) is 1. The summed E-state index contributed by atoms with van der Waals surface area (Å²) in [6.45, 7) is 1.29. The highest BCUT2D eigenvalue weighted by Crippen LogP contribution is 2.24. The normalized spacial score (nSPS) is 15.5. The third-order valence-corrected chi connectivity index (χ3v) is 7.82. The zero-order valence-corrected chi connectivity index (χ0v) is 19.3. The SMILES string of the molecule is COc1ccccc1CCCNC(=O)C1CCN(S(=O)(=O)Cc2ccccc2Cl)CC1. The second-order valence-electron chi connectivity index (χ2n) is 7.73. The van der Waals surface area contributed by atoms with Gasteiger partial charge in [0.25, 0.3) is 0 Å². The van der Waals surface area contributed by atoms with Crippen molar-refractivity contribution < 1.29 is 17.9 Å². The van der Waals surface area contributed by atoms with E-state index in [-0.39, 0.29) is 17.6 Å². The molecule has 0 aliphatic carbocycles. The van der Waals surface area contributed by atoms with E-state index in [1.165, 1.54) is 4.31 Å². The van der Waals surface area contributed by atoms with Crippen molar-refractivity contribution in [3.63, 3.8) is 0 Å². The zero-order valence-electron chi connectivity index (χ0n) is 17.7. The van der Waals surface area contributed by atoms with Crippen LogP contribution < -0.4 is 10.1 Å². The second-order valence-corrected chi connectivity index (χ2v) is 10.1. The number of aryl methyl sites for hydroxylation is 1. The Morgan fingerprint density at radius 2 is 1.74 bits per heavy atom. The Morgan fingerprint density at radius 1 is 1.10 bits per heavy atom. The summed E-state index contributed by atoms with van der Waals surface area (Å²) >= 11 is 6.11. The largest absolute Gasteiger partial charge is 0.496 e. The number of hydrogen-bond donors (Lipinski definition) is 1. The first kappa shape index (κ1) is 23.6. The van der Waals surface area contributed by atoms with Crippen LogP contribution in [-0.4, -0.2) is 45.4 Å². The third-order valence-electron chi connectivity index (χ3n) is 5.63. The number of halogens is 1. The Labute approximate surface area is 189 Å². The highest BCUT2D eigenvalue weighted by molar-refractivity contribution is 7.88. The summed E-state index contributed by atoms with van der Waals surface area (Å²) in [4.78, 5) is 12.5. The van der Waals surface area contributed by atoms with E-state index < -0.39 is 10.0 Å². The third kappa shape index (κ3) is 6.45. The van der Waals surface area contributed by atoms with E-state index in [2.05, 4.69) is 5.32 Å². The molecule has 1 heterocycles. The number of hydrogen-bond acceptors (Lipinski definition) is 4. The van der Waals surface area contributed by atoms with Gasteiger partial charge in [-0.15, -0.1) is 0 Å². The van der Waals surface area contributed by atoms with Crippen LogP contribution in [0.4, 0.5) is 0 Å². The highest BCUT2D eigenvalue weighted by atomic mass is 35.5. The molecule has 1 aliphatic rings. The van der Waals surface area contributed by atoms with Gasteiger partial charge in [0.1, 0.15) is 5.75 Å². The Hall–Kier alpha value is -2.09. The van der Waals surface area contributed by atoms with Gasteiger partial charge in [0.2, 0.25) is 15.9 Å². The lowest BCUT2D eigenvalue weighted by molar-refractivity contribution is -0.126. The monoisotopic (exact) mass is 464 g/mol. The molecule has 0 aromatic heterocycles. The summed E-state index contributed by atoms with van der Waals surface area (Å²) in [6, 6.07) is 14.8. The van der Waals surface area contributed by atoms with E-state index in [0.717, 1.165) is 24.2 Å². The summed E-state index contributed by atoms with van der Waals surface area (Å²) in [7, 11) is -1.81. The van der Waals surface area contributed by atoms with Crippen molar-refractivity contribution in [3.8, 4) is 5.75 Å². The average molecular weight is 465 g/mol. The molecule has 1 fully saturated rings. The number of sulfonamides is 1. The first-order chi connectivity index (χ1) is 14.9. The van der Waals surface area contributed by atoms with Gasteiger partial charge >= 0.3 is 0 Å². The number of benzene rings is 2. The van der Waals surface area contributed by atoms with E-state index in [0.29, 0.717) is 43.1 Å². The van der Waals surface area contributed by atoms with Crippen molar-refractivity contribution >= 4 is 27.5 Å². The topological polar surface area (TPSA) is 75.7 Å². The smallest absolute Gasteiger partial charge is 0.223 e. The Kier molecular flexibility index (Phi) is 8.35. The van der Waals surface area contributed by atoms with Crippen LogP contribution in [0.3, 0.4) is 0 Å². The lowest BCUT2D eigenvalue weighted by Crippen LogP contribution is -2.43. The average Bonchev–Trinajstić information content (AvgIpc) is 2.78. The minimum atomic E-state index is -3.46. The van der Waals surface area contributed by atoms with Gasteiger partial charge < -0.3 is 10.1 Å². The highest BCUT2D eigenvalue weighted by Gasteiger charge is 2.31. The molecule has 2 aromatic rings. The summed E-state index contributed by atoms with van der Waals surface area (Å²) in [5.74, 6) is 0.590. The molecular weight excluding hydrogens is 436 g/mol. The van der Waals surface area contributed by atoms with Crippen LogP contribution in [-0.2, 0) is 27.0 Å². The van der Waals surface area contributed by atoms with E-state index in [4.69, 9.17) is 16.3 Å². The number of amides is 1. The molecule has 1 N–H and O–H groups in total. The predicted molar refractivity (Wildman–Crippen MR) is 123 cm³/mol. The number of piperidine rings is 1. The molecule has 0 unspecified atom stereocenters. The molecule has 6 nitrogen and oxygen atoms in total. The van der Waals surface area contributed by atoms with Crippen LogP contribution in [0.5, 0.6) is 5.75 Å². The van der Waals surface area contributed by atoms with Gasteiger partial charge in [0.15, 0.2) is 0 Å². The van der Waals surface area contributed by atoms with Crippen LogP contribution in [0.25, 0.3) is 0 Å². The van der Waals surface area contributed by atoms with Crippen LogP contribution in [0.1, 0.15) is 30.4 Å². The van der Waals surface area contributed by atoms with Crippen molar-refractivity contribution in [1.29, 1.82) is 0 Å². The van der Waals surface area contributed by atoms with Crippen LogP contribution in [0, 0.1) is 5.92 Å². The molecule has 3 rings (SSSR count). The Bertz CT molecular complexity index is 989. The lowest BCUT2D eigenvalue weighted by Gasteiger charge is -2.30. The fraction of sp³-hybridized carbons (Fsp3) is 0.435. The van der Waals surface area contributed by atoms with Gasteiger partial charge in [-0.2, -0.15) is 0 Å². The van der Waals surface area contributed by atoms with Crippen LogP contribution in [0.2, 0.25) is 5.02 Å². The molecule has 1 saturated heterocycles. The Morgan fingerprint density at radius 3 is 2.42 bits per heavy atom. The molecular formula is C23H29ClN2O4S. The second kappa shape index (κ2) is 11.0. The van der Waals surface area contributed by atoms with Crippen molar-refractivity contribution in [2.45, 2.75) is 31.4 Å². The fourth-order valence-electron chi connectivity index (χ4n) is 3.84. The lowest BCUT2D eigenvalue weighted by atomic mass is 9.97. The van der Waals surface area contributed by atoms with Gasteiger partial charge in [0, 0.05) is 30.6 Å². The van der Waals surface area contributed by atoms with Gasteiger partial charge in [0.05, 0.1) is 12.9 Å². The van der Waals surface area contributed by atoms with Gasteiger partial charge in [-0.1, -0.05) is 48.0 Å². The summed E-state index contributed by atoms with van der Waals surface area (Å²) in [6.07, 6.45) is 2.69. The Balaban J connectivity index is 1.42. The molecule has 0 atom stereocenters. The summed E-state index contributed by atoms with van der Waals surface area (Å²) in [5, 5.41) is 3.45. The van der Waals surface area contributed by atoms with E-state index >= 15 is 0 Å². The number of nitrogens with zero attached hydrogens (tertiary/aromatic N) is 1. The molecule has 1 amide bonds. The molecule has 31 heavy (non-hydrogen) atoms. The quantitative estimate of drug-likeness (QED) is 0.575. The first-order valence-corrected chi connectivity index (χ1v) is 12.5. The van der Waals surface area contributed by atoms with Crippen molar-refractivity contribution in [2.24, 2.45) is 5.92 Å². The number of para-hydroxylation sites is 1. The van der Waals surface area contributed by atoms with Gasteiger partial charge in [-0.05, 0) is 48.9 Å². The van der Waals surface area contributed by atoms with Crippen LogP contribution >= 0.6 is 11.6 Å². The predicted octanol–water partition coefficient (Wildman–Crippen LogP) is 3.64.